The molecule has 0 saturated carbocycles. The average Bonchev–Trinajstić information content (AvgIpc) is 3.62. The standard InChI is InChI=1S/C30H30F6N6O2/c1-18(2)42-17-23(21-8-4-5-9-24(21)42)22-16-28(30(34,35)36,37-27(43)25(22)26-38-40-41-39-26)19-10-12-20(13-11-19)44-15-7-3-6-14-29(31,32)33/h4-5,8-13,17-18H,3,6-7,14-16H2,1-2H3,(H,37,43)(H,38,39,40,41). The second kappa shape index (κ2) is 12.0. The fourth-order valence-electron chi connectivity index (χ4n) is 5.54. The maximum Gasteiger partial charge on any atom is 0.416 e. The molecule has 0 saturated heterocycles. The van der Waals surface area contributed by atoms with Crippen LogP contribution in [0.25, 0.3) is 22.0 Å². The number of carbonyl (C=O) groups excluding carboxylic acids is 1. The van der Waals surface area contributed by atoms with Crippen LogP contribution < -0.4 is 10.1 Å². The largest absolute Gasteiger partial charge is 0.494 e. The zero-order valence-electron chi connectivity index (χ0n) is 23.9. The number of fused-ring (bicyclic) bond motifs is 1. The average molecular weight is 621 g/mol. The smallest absolute Gasteiger partial charge is 0.416 e. The van der Waals surface area contributed by atoms with E-state index in [1.54, 1.807) is 18.3 Å². The quantitative estimate of drug-likeness (QED) is 0.145. The summed E-state index contributed by atoms with van der Waals surface area (Å²) in [4.78, 5) is 13.7. The van der Waals surface area contributed by atoms with E-state index < -0.39 is 36.6 Å². The van der Waals surface area contributed by atoms with Crippen molar-refractivity contribution in [3.63, 3.8) is 0 Å². The molecule has 44 heavy (non-hydrogen) atoms. The minimum absolute atomic E-state index is 0.0233. The van der Waals surface area contributed by atoms with Crippen molar-refractivity contribution in [1.29, 1.82) is 0 Å². The van der Waals surface area contributed by atoms with Crippen LogP contribution in [0, 0.1) is 0 Å². The number of nitrogens with one attached hydrogen (secondary N) is 2. The van der Waals surface area contributed by atoms with Gasteiger partial charge >= 0.3 is 12.4 Å². The zero-order valence-corrected chi connectivity index (χ0v) is 23.9. The monoisotopic (exact) mass is 620 g/mol. The van der Waals surface area contributed by atoms with Crippen LogP contribution in [-0.4, -0.2) is 50.1 Å². The molecule has 14 heteroatoms. The Morgan fingerprint density at radius 3 is 2.36 bits per heavy atom. The van der Waals surface area contributed by atoms with Crippen molar-refractivity contribution in [3.05, 3.63) is 71.7 Å². The second-order valence-electron chi connectivity index (χ2n) is 11.0. The van der Waals surface area contributed by atoms with Gasteiger partial charge in [-0.1, -0.05) is 30.3 Å². The van der Waals surface area contributed by atoms with Crippen molar-refractivity contribution < 1.29 is 35.9 Å². The first-order chi connectivity index (χ1) is 20.8. The molecule has 0 aliphatic carbocycles. The Morgan fingerprint density at radius 2 is 1.73 bits per heavy atom. The van der Waals surface area contributed by atoms with Crippen LogP contribution in [0.2, 0.25) is 0 Å². The van der Waals surface area contributed by atoms with Crippen LogP contribution in [0.4, 0.5) is 26.3 Å². The number of carbonyl (C=O) groups is 1. The van der Waals surface area contributed by atoms with Gasteiger partial charge in [-0.3, -0.25) is 4.79 Å². The molecule has 0 radical (unpaired) electrons. The summed E-state index contributed by atoms with van der Waals surface area (Å²) in [6, 6.07) is 12.4. The number of tetrazole rings is 1. The van der Waals surface area contributed by atoms with Gasteiger partial charge in [-0.15, -0.1) is 10.2 Å². The number of benzene rings is 2. The third kappa shape index (κ3) is 6.15. The minimum Gasteiger partial charge on any atom is -0.494 e. The number of alkyl halides is 6. The predicted octanol–water partition coefficient (Wildman–Crippen LogP) is 7.13. The highest BCUT2D eigenvalue weighted by Crippen LogP contribution is 2.50. The molecule has 5 rings (SSSR count). The van der Waals surface area contributed by atoms with Gasteiger partial charge in [0.2, 0.25) is 5.82 Å². The highest BCUT2D eigenvalue weighted by Gasteiger charge is 2.60. The first kappa shape index (κ1) is 31.1. The van der Waals surface area contributed by atoms with E-state index in [9.17, 15) is 18.0 Å². The molecule has 2 N–H and O–H groups in total. The second-order valence-corrected chi connectivity index (χ2v) is 11.0. The zero-order chi connectivity index (χ0) is 31.7. The fourth-order valence-corrected chi connectivity index (χ4v) is 5.54. The number of hydrogen-bond donors (Lipinski definition) is 2. The number of para-hydroxylation sites is 1. The highest BCUT2D eigenvalue weighted by molar-refractivity contribution is 6.28. The molecule has 2 aromatic heterocycles. The van der Waals surface area contributed by atoms with Crippen molar-refractivity contribution in [3.8, 4) is 5.75 Å². The van der Waals surface area contributed by atoms with E-state index in [2.05, 4.69) is 25.9 Å². The predicted molar refractivity (Wildman–Crippen MR) is 150 cm³/mol. The summed E-state index contributed by atoms with van der Waals surface area (Å²) >= 11 is 0. The van der Waals surface area contributed by atoms with Crippen molar-refractivity contribution in [2.24, 2.45) is 0 Å². The molecular formula is C30H30F6N6O2. The fraction of sp³-hybridized carbons (Fsp3) is 0.400. The Balaban J connectivity index is 1.51. The van der Waals surface area contributed by atoms with Crippen LogP contribution in [0.1, 0.15) is 68.9 Å². The van der Waals surface area contributed by atoms with Gasteiger partial charge in [0.25, 0.3) is 5.91 Å². The number of nitrogens with zero attached hydrogens (tertiary/aromatic N) is 4. The first-order valence-corrected chi connectivity index (χ1v) is 14.1. The SMILES string of the molecule is CC(C)n1cc(C2=C(c3nn[nH]n3)C(=O)NC(c3ccc(OCCCCCC(F)(F)F)cc3)(C(F)(F)F)C2)c2ccccc21. The van der Waals surface area contributed by atoms with E-state index in [-0.39, 0.29) is 47.4 Å². The van der Waals surface area contributed by atoms with Gasteiger partial charge in [0.1, 0.15) is 5.75 Å². The first-order valence-electron chi connectivity index (χ1n) is 14.1. The number of halogens is 6. The minimum atomic E-state index is -4.92. The molecule has 0 spiro atoms. The number of ether oxygens (including phenoxy) is 1. The number of H-pyrrole nitrogens is 1. The Labute approximate surface area is 248 Å². The van der Waals surface area contributed by atoms with E-state index >= 15 is 13.2 Å². The van der Waals surface area contributed by atoms with Crippen molar-refractivity contribution >= 4 is 28.0 Å². The van der Waals surface area contributed by atoms with Crippen LogP contribution in [0.15, 0.2) is 54.7 Å². The maximum atomic E-state index is 15.2. The van der Waals surface area contributed by atoms with Crippen molar-refractivity contribution in [2.75, 3.05) is 6.61 Å². The Morgan fingerprint density at radius 1 is 1.00 bits per heavy atom. The van der Waals surface area contributed by atoms with Gasteiger partial charge in [0.15, 0.2) is 5.54 Å². The van der Waals surface area contributed by atoms with E-state index in [1.807, 2.05) is 30.5 Å². The summed E-state index contributed by atoms with van der Waals surface area (Å²) in [7, 11) is 0. The van der Waals surface area contributed by atoms with Gasteiger partial charge in [-0.2, -0.15) is 31.6 Å². The van der Waals surface area contributed by atoms with E-state index in [0.717, 1.165) is 5.52 Å². The third-order valence-corrected chi connectivity index (χ3v) is 7.69. The molecule has 4 aromatic rings. The normalized spacial score (nSPS) is 17.9. The number of amides is 1. The summed E-state index contributed by atoms with van der Waals surface area (Å²) in [5.41, 5.74) is -1.78. The maximum absolute atomic E-state index is 15.2. The summed E-state index contributed by atoms with van der Waals surface area (Å²) in [5.74, 6) is -0.883. The van der Waals surface area contributed by atoms with Gasteiger partial charge in [0, 0.05) is 41.5 Å². The number of unbranched alkanes of at least 4 members (excludes halogenated alkanes) is 2. The summed E-state index contributed by atoms with van der Waals surface area (Å²) in [5, 5.41) is 16.5. The molecule has 1 unspecified atom stereocenters. The molecule has 1 atom stereocenters. The third-order valence-electron chi connectivity index (χ3n) is 7.69. The number of aromatic nitrogens is 5. The molecule has 8 nitrogen and oxygen atoms in total. The molecule has 1 amide bonds. The Hall–Kier alpha value is -4.36. The molecule has 2 aromatic carbocycles. The summed E-state index contributed by atoms with van der Waals surface area (Å²) in [6.45, 7) is 4.01. The number of rotatable bonds is 10. The Kier molecular flexibility index (Phi) is 8.45. The molecule has 1 aliphatic rings. The van der Waals surface area contributed by atoms with E-state index in [4.69, 9.17) is 4.74 Å². The topological polar surface area (TPSA) is 97.7 Å². The van der Waals surface area contributed by atoms with Gasteiger partial charge in [-0.25, -0.2) is 0 Å². The summed E-state index contributed by atoms with van der Waals surface area (Å²) < 4.78 is 90.0. The molecule has 3 heterocycles. The molecular weight excluding hydrogens is 590 g/mol. The van der Waals surface area contributed by atoms with Gasteiger partial charge in [-0.05, 0) is 67.7 Å². The molecule has 1 aliphatic heterocycles. The van der Waals surface area contributed by atoms with Crippen molar-refractivity contribution in [2.45, 2.75) is 69.9 Å². The van der Waals surface area contributed by atoms with Crippen LogP contribution >= 0.6 is 0 Å². The molecule has 234 valence electrons. The lowest BCUT2D eigenvalue weighted by atomic mass is 9.76. The number of hydrogen-bond acceptors (Lipinski definition) is 5. The van der Waals surface area contributed by atoms with Crippen molar-refractivity contribution in [1.82, 2.24) is 30.5 Å². The Bertz CT molecular complexity index is 1640. The van der Waals surface area contributed by atoms with Gasteiger partial charge in [0.05, 0.1) is 12.2 Å². The lowest BCUT2D eigenvalue weighted by Gasteiger charge is -2.41. The lowest BCUT2D eigenvalue weighted by molar-refractivity contribution is -0.201. The number of aromatic amines is 1. The molecule has 0 bridgehead atoms. The lowest BCUT2D eigenvalue weighted by Crippen LogP contribution is -2.58. The van der Waals surface area contributed by atoms with Gasteiger partial charge < -0.3 is 14.6 Å². The van der Waals surface area contributed by atoms with E-state index in [1.165, 1.54) is 24.3 Å². The highest BCUT2D eigenvalue weighted by atomic mass is 19.4. The summed E-state index contributed by atoms with van der Waals surface area (Å²) in [6.07, 6.45) is -8.30. The van der Waals surface area contributed by atoms with Crippen LogP contribution in [0.3, 0.4) is 0 Å². The van der Waals surface area contributed by atoms with E-state index in [0.29, 0.717) is 23.8 Å². The van der Waals surface area contributed by atoms with Crippen LogP contribution in [-0.2, 0) is 10.3 Å². The molecule has 0 fully saturated rings. The van der Waals surface area contributed by atoms with Crippen LogP contribution in [0.5, 0.6) is 5.75 Å².